The molecule has 3 aromatic carbocycles. The lowest BCUT2D eigenvalue weighted by Gasteiger charge is -2.22. The maximum Gasteiger partial charge on any atom is 0.347 e. The Kier molecular flexibility index (Phi) is 11.6. The van der Waals surface area contributed by atoms with Crippen LogP contribution in [-0.2, 0) is 20.7 Å². The van der Waals surface area contributed by atoms with Crippen molar-refractivity contribution in [1.82, 2.24) is 0 Å². The Bertz CT molecular complexity index is 2150. The van der Waals surface area contributed by atoms with E-state index in [4.69, 9.17) is 18.9 Å². The number of benzene rings is 3. The van der Waals surface area contributed by atoms with Crippen LogP contribution in [-0.4, -0.2) is 52.1 Å². The number of ether oxygens (including phenoxy) is 4. The van der Waals surface area contributed by atoms with Gasteiger partial charge in [0.15, 0.2) is 29.0 Å². The van der Waals surface area contributed by atoms with Gasteiger partial charge in [0, 0.05) is 17.7 Å². The largest absolute Gasteiger partial charge is 0.508 e. The van der Waals surface area contributed by atoms with Gasteiger partial charge >= 0.3 is 23.9 Å². The lowest BCUT2D eigenvalue weighted by atomic mass is 9.92. The van der Waals surface area contributed by atoms with Crippen molar-refractivity contribution in [1.29, 1.82) is 0 Å². The van der Waals surface area contributed by atoms with E-state index in [0.29, 0.717) is 27.8 Å². The molecule has 0 amide bonds. The Morgan fingerprint density at radius 1 is 0.717 bits per heavy atom. The van der Waals surface area contributed by atoms with Crippen LogP contribution in [0, 0.1) is 67.1 Å². The van der Waals surface area contributed by atoms with Crippen molar-refractivity contribution >= 4 is 45.6 Å². The number of phenolic OH excluding ortho intramolecular Hbond substituents is 1. The highest BCUT2D eigenvalue weighted by Crippen LogP contribution is 2.44. The molecule has 3 N–H and O–H groups in total. The molecule has 280 valence electrons. The molecule has 1 aliphatic carbocycles. The Labute approximate surface area is 313 Å². The molecule has 3 aromatic rings. The monoisotopic (exact) mass is 796 g/mol. The maximum atomic E-state index is 16.2. The Balaban J connectivity index is 1.71. The van der Waals surface area contributed by atoms with Gasteiger partial charge in [0.25, 0.3) is 0 Å². The number of rotatable bonds is 9. The van der Waals surface area contributed by atoms with Gasteiger partial charge in [-0.2, -0.15) is 0 Å². The van der Waals surface area contributed by atoms with E-state index in [2.05, 4.69) is 15.9 Å². The molecular weight excluding hydrogens is 759 g/mol. The molecule has 0 aliphatic heterocycles. The molecular formula is C39H38BrFO12. The number of ketones is 1. The van der Waals surface area contributed by atoms with Crippen LogP contribution in [0.25, 0.3) is 0 Å². The fourth-order valence-electron chi connectivity index (χ4n) is 6.37. The molecule has 0 saturated carbocycles. The van der Waals surface area contributed by atoms with Crippen molar-refractivity contribution in [3.63, 3.8) is 0 Å². The predicted molar refractivity (Wildman–Crippen MR) is 193 cm³/mol. The summed E-state index contributed by atoms with van der Waals surface area (Å²) in [5.41, 5.74) is 1.91. The van der Waals surface area contributed by atoms with Crippen LogP contribution in [0.15, 0.2) is 28.1 Å². The van der Waals surface area contributed by atoms with Crippen molar-refractivity contribution in [2.24, 2.45) is 5.92 Å². The van der Waals surface area contributed by atoms with E-state index >= 15 is 4.39 Å². The molecule has 0 radical (unpaired) electrons. The van der Waals surface area contributed by atoms with Gasteiger partial charge in [0.2, 0.25) is 0 Å². The molecule has 1 aliphatic rings. The standard InChI is InChI=1S/C39H38BrFO12/c1-11-23-20(8)35(31(41)21(9)27(23)37(47)51-33-17(5)14(2)26(36(45)46)15(3)18(33)6)53-38(48)28-16(4)19(7)34(30(40)32(28)44)52-39(49)29-24(43)12-22(42)13-25(29)50-10/h12-13,29,42,44H,11H2,1-10H3,(H,45,46). The maximum absolute atomic E-state index is 16.2. The smallest absolute Gasteiger partial charge is 0.347 e. The van der Waals surface area contributed by atoms with E-state index in [1.807, 2.05) is 0 Å². The second-order valence-corrected chi connectivity index (χ2v) is 13.4. The first-order chi connectivity index (χ1) is 24.7. The molecule has 53 heavy (non-hydrogen) atoms. The molecule has 0 heterocycles. The summed E-state index contributed by atoms with van der Waals surface area (Å²) in [5.74, 6) is -9.46. The highest BCUT2D eigenvalue weighted by atomic mass is 79.9. The summed E-state index contributed by atoms with van der Waals surface area (Å²) >= 11 is 3.15. The molecule has 0 fully saturated rings. The highest BCUT2D eigenvalue weighted by molar-refractivity contribution is 9.10. The number of halogens is 2. The molecule has 4 rings (SSSR count). The molecule has 0 bridgehead atoms. The summed E-state index contributed by atoms with van der Waals surface area (Å²) in [6.07, 6.45) is 2.12. The van der Waals surface area contributed by atoms with Crippen LogP contribution in [0.2, 0.25) is 0 Å². The van der Waals surface area contributed by atoms with Crippen molar-refractivity contribution in [2.45, 2.75) is 68.7 Å². The van der Waals surface area contributed by atoms with Crippen LogP contribution in [0.1, 0.15) is 88.1 Å². The van der Waals surface area contributed by atoms with Gasteiger partial charge in [-0.3, -0.25) is 9.59 Å². The molecule has 0 aromatic heterocycles. The topological polar surface area (TPSA) is 183 Å². The van der Waals surface area contributed by atoms with Crippen LogP contribution in [0.3, 0.4) is 0 Å². The average Bonchev–Trinajstić information content (AvgIpc) is 3.09. The van der Waals surface area contributed by atoms with E-state index in [1.54, 1.807) is 34.6 Å². The zero-order chi connectivity index (χ0) is 40.0. The van der Waals surface area contributed by atoms with Gasteiger partial charge < -0.3 is 34.3 Å². The van der Waals surface area contributed by atoms with E-state index in [-0.39, 0.29) is 67.1 Å². The normalized spacial score (nSPS) is 14.0. The summed E-state index contributed by atoms with van der Waals surface area (Å²) in [5, 5.41) is 30.6. The minimum Gasteiger partial charge on any atom is -0.508 e. The van der Waals surface area contributed by atoms with E-state index in [1.165, 1.54) is 34.8 Å². The molecule has 12 nitrogen and oxygen atoms in total. The molecule has 1 unspecified atom stereocenters. The van der Waals surface area contributed by atoms with E-state index in [9.17, 15) is 39.3 Å². The molecule has 0 saturated heterocycles. The summed E-state index contributed by atoms with van der Waals surface area (Å²) in [4.78, 5) is 64.9. The first kappa shape index (κ1) is 40.3. The fraction of sp³-hybridized carbons (Fsp3) is 0.308. The first-order valence-electron chi connectivity index (χ1n) is 16.2. The number of carboxylic acids is 1. The number of aliphatic hydroxyl groups is 1. The van der Waals surface area contributed by atoms with Crippen LogP contribution < -0.4 is 14.2 Å². The summed E-state index contributed by atoms with van der Waals surface area (Å²) in [6, 6.07) is 0. The van der Waals surface area contributed by atoms with Crippen molar-refractivity contribution in [2.75, 3.05) is 7.11 Å². The number of hydrogen-bond acceptors (Lipinski definition) is 11. The summed E-state index contributed by atoms with van der Waals surface area (Å²) < 4.78 is 37.9. The third-order valence-electron chi connectivity index (χ3n) is 9.67. The van der Waals surface area contributed by atoms with Gasteiger partial charge in [0.1, 0.15) is 33.1 Å². The van der Waals surface area contributed by atoms with Crippen LogP contribution in [0.4, 0.5) is 4.39 Å². The highest BCUT2D eigenvalue weighted by Gasteiger charge is 2.37. The fourth-order valence-corrected chi connectivity index (χ4v) is 6.95. The predicted octanol–water partition coefficient (Wildman–Crippen LogP) is 7.54. The minimum atomic E-state index is -1.55. The number of carbonyl (C=O) groups excluding carboxylic acids is 4. The first-order valence-corrected chi connectivity index (χ1v) is 17.0. The van der Waals surface area contributed by atoms with Gasteiger partial charge in [-0.15, -0.1) is 0 Å². The number of aliphatic hydroxyl groups excluding tert-OH is 1. The Hall–Kier alpha value is -5.50. The van der Waals surface area contributed by atoms with Gasteiger partial charge in [-0.1, -0.05) is 6.92 Å². The quantitative estimate of drug-likeness (QED) is 0.110. The number of carboxylic acid groups (broad SMARTS) is 1. The SMILES string of the molecule is CCc1c(C)c(OC(=O)c2c(C)c(C)c(OC(=O)C3C(=O)C=C(O)C=C3OC)c(Br)c2O)c(F)c(C)c1C(=O)Oc1c(C)c(C)c(C(=O)O)c(C)c1C. The zero-order valence-corrected chi connectivity index (χ0v) is 32.3. The Morgan fingerprint density at radius 3 is 1.75 bits per heavy atom. The second kappa shape index (κ2) is 15.2. The number of methoxy groups -OCH3 is 1. The molecule has 0 spiro atoms. The van der Waals surface area contributed by atoms with Gasteiger partial charge in [0.05, 0.1) is 18.2 Å². The van der Waals surface area contributed by atoms with Crippen LogP contribution >= 0.6 is 15.9 Å². The molecule has 14 heteroatoms. The third-order valence-corrected chi connectivity index (χ3v) is 10.4. The number of aromatic hydroxyl groups is 1. The number of esters is 3. The van der Waals surface area contributed by atoms with E-state index < -0.39 is 58.7 Å². The number of allylic oxidation sites excluding steroid dienone is 2. The number of hydrogen-bond donors (Lipinski definition) is 3. The molecule has 1 atom stereocenters. The van der Waals surface area contributed by atoms with E-state index in [0.717, 1.165) is 12.2 Å². The lowest BCUT2D eigenvalue weighted by Crippen LogP contribution is -2.32. The average molecular weight is 798 g/mol. The number of aromatic carboxylic acids is 1. The number of carbonyl (C=O) groups is 5. The number of phenols is 1. The third kappa shape index (κ3) is 7.02. The van der Waals surface area contributed by atoms with Gasteiger partial charge in [-0.25, -0.2) is 18.8 Å². The van der Waals surface area contributed by atoms with Crippen molar-refractivity contribution < 1.29 is 62.6 Å². The van der Waals surface area contributed by atoms with Crippen molar-refractivity contribution in [3.8, 4) is 23.0 Å². The Morgan fingerprint density at radius 2 is 1.23 bits per heavy atom. The van der Waals surface area contributed by atoms with Crippen LogP contribution in [0.5, 0.6) is 23.0 Å². The lowest BCUT2D eigenvalue weighted by molar-refractivity contribution is -0.142. The second-order valence-electron chi connectivity index (χ2n) is 12.6. The summed E-state index contributed by atoms with van der Waals surface area (Å²) in [7, 11) is 1.21. The minimum absolute atomic E-state index is 0.0869. The van der Waals surface area contributed by atoms with Gasteiger partial charge in [-0.05, 0) is 122 Å². The summed E-state index contributed by atoms with van der Waals surface area (Å²) in [6.45, 7) is 13.9. The zero-order valence-electron chi connectivity index (χ0n) is 30.7. The van der Waals surface area contributed by atoms with Crippen molar-refractivity contribution in [3.05, 3.63) is 101 Å².